The number of benzene rings is 1. The Morgan fingerprint density at radius 3 is 1.63 bits per heavy atom. The summed E-state index contributed by atoms with van der Waals surface area (Å²) >= 11 is 0. The highest BCUT2D eigenvalue weighted by Gasteiger charge is 2.20. The Hall–Kier alpha value is -1.98. The smallest absolute Gasteiger partial charge is 0.268 e. The Kier molecular flexibility index (Phi) is 12.4. The minimum atomic E-state index is -4.36. The minimum Gasteiger partial charge on any atom is -0.489 e. The molecule has 13 nitrogen and oxygen atoms in total. The highest BCUT2D eigenvalue weighted by atomic mass is 32.2. The van der Waals surface area contributed by atoms with Crippen molar-refractivity contribution in [3.8, 4) is 17.2 Å². The first-order chi connectivity index (χ1) is 16.1. The van der Waals surface area contributed by atoms with Crippen molar-refractivity contribution >= 4 is 36.1 Å². The lowest BCUT2D eigenvalue weighted by molar-refractivity contribution is 0.0978. The van der Waals surface area contributed by atoms with E-state index in [0.717, 1.165) is 6.42 Å². The number of unbranched alkanes of at least 4 members (excludes halogenated alkanes) is 1. The first kappa shape index (κ1) is 31.1. The molecule has 0 aliphatic heterocycles. The highest BCUT2D eigenvalue weighted by molar-refractivity contribution is 7.86. The second-order valence-electron chi connectivity index (χ2n) is 7.44. The fraction of sp³-hybridized carbons (Fsp3) is 0.632. The van der Waals surface area contributed by atoms with Gasteiger partial charge in [-0.3, -0.25) is 18.5 Å². The molecule has 0 aliphatic rings. The van der Waals surface area contributed by atoms with E-state index in [1.54, 1.807) is 0 Å². The van der Waals surface area contributed by atoms with E-state index in [1.807, 2.05) is 6.92 Å². The van der Waals surface area contributed by atoms with Crippen molar-refractivity contribution < 1.29 is 57.9 Å². The zero-order valence-corrected chi connectivity index (χ0v) is 21.5. The fourth-order valence-electron chi connectivity index (χ4n) is 2.67. The number of ether oxygens (including phenoxy) is 3. The van der Waals surface area contributed by atoms with Crippen molar-refractivity contribution in [3.63, 3.8) is 0 Å². The molecule has 0 amide bonds. The van der Waals surface area contributed by atoms with Gasteiger partial charge in [-0.25, -0.2) is 0 Å². The van der Waals surface area contributed by atoms with Crippen molar-refractivity contribution in [2.45, 2.75) is 39.0 Å². The van der Waals surface area contributed by atoms with Crippen LogP contribution in [0.25, 0.3) is 0 Å². The number of carbonyl (C=O) groups is 1. The summed E-state index contributed by atoms with van der Waals surface area (Å²) in [5.74, 6) is -2.59. The average molecular weight is 563 g/mol. The topological polar surface area (TPSA) is 208 Å². The van der Waals surface area contributed by atoms with Crippen LogP contribution in [0.5, 0.6) is 17.2 Å². The molecule has 3 N–H and O–H groups in total. The lowest BCUT2D eigenvalue weighted by atomic mass is 10.0. The van der Waals surface area contributed by atoms with Crippen LogP contribution in [-0.2, 0) is 30.4 Å². The molecule has 0 heterocycles. The molecule has 0 spiro atoms. The molecule has 0 atom stereocenters. The van der Waals surface area contributed by atoms with E-state index in [2.05, 4.69) is 0 Å². The molecule has 0 saturated heterocycles. The van der Waals surface area contributed by atoms with Gasteiger partial charge in [0.25, 0.3) is 30.4 Å². The van der Waals surface area contributed by atoms with Crippen molar-refractivity contribution in [3.05, 3.63) is 17.7 Å². The first-order valence-corrected chi connectivity index (χ1v) is 15.4. The Balaban J connectivity index is 3.27. The lowest BCUT2D eigenvalue weighted by Crippen LogP contribution is -2.15. The predicted octanol–water partition coefficient (Wildman–Crippen LogP) is 1.64. The monoisotopic (exact) mass is 562 g/mol. The minimum absolute atomic E-state index is 0.0728. The third-order valence-corrected chi connectivity index (χ3v) is 6.59. The molecule has 16 heteroatoms. The van der Waals surface area contributed by atoms with Crippen LogP contribution in [0.4, 0.5) is 0 Å². The number of rotatable bonds is 18. The van der Waals surface area contributed by atoms with Crippen molar-refractivity contribution in [1.29, 1.82) is 0 Å². The van der Waals surface area contributed by atoms with Crippen LogP contribution in [0.1, 0.15) is 49.4 Å². The van der Waals surface area contributed by atoms with Gasteiger partial charge < -0.3 is 14.2 Å². The zero-order valence-electron chi connectivity index (χ0n) is 19.1. The summed E-state index contributed by atoms with van der Waals surface area (Å²) < 4.78 is 109. The summed E-state index contributed by atoms with van der Waals surface area (Å²) in [5, 5.41) is 0. The Morgan fingerprint density at radius 2 is 1.17 bits per heavy atom. The third-order valence-electron chi connectivity index (χ3n) is 4.30. The Morgan fingerprint density at radius 1 is 0.714 bits per heavy atom. The summed E-state index contributed by atoms with van der Waals surface area (Å²) in [6.45, 7) is 0.899. The van der Waals surface area contributed by atoms with Gasteiger partial charge in [0.1, 0.15) is 12.4 Å². The SMILES string of the molecule is CCCCC(=O)c1cc(OCCCS(=O)(=O)O)c(OCCCS(=O)(=O)O)c(OCCS(=O)(=O)O)c1. The number of carbonyl (C=O) groups excluding carboxylic acids is 1. The molecule has 1 aromatic carbocycles. The van der Waals surface area contributed by atoms with Gasteiger partial charge in [0, 0.05) is 12.0 Å². The lowest BCUT2D eigenvalue weighted by Gasteiger charge is -2.18. The molecule has 0 unspecified atom stereocenters. The van der Waals surface area contributed by atoms with Crippen LogP contribution in [0.2, 0.25) is 0 Å². The first-order valence-electron chi connectivity index (χ1n) is 10.6. The summed E-state index contributed by atoms with van der Waals surface area (Å²) in [6, 6.07) is 2.60. The Bertz CT molecular complexity index is 1160. The van der Waals surface area contributed by atoms with Crippen LogP contribution in [-0.4, -0.2) is 81.8 Å². The van der Waals surface area contributed by atoms with Gasteiger partial charge in [0.05, 0.1) is 24.7 Å². The zero-order chi connectivity index (χ0) is 26.7. The van der Waals surface area contributed by atoms with Gasteiger partial charge in [-0.15, -0.1) is 0 Å². The summed E-state index contributed by atoms with van der Waals surface area (Å²) in [5.41, 5.74) is 0.135. The molecule has 0 fully saturated rings. The molecular weight excluding hydrogens is 532 g/mol. The van der Waals surface area contributed by atoms with Crippen LogP contribution in [0, 0.1) is 0 Å². The van der Waals surface area contributed by atoms with Gasteiger partial charge in [-0.2, -0.15) is 25.3 Å². The van der Waals surface area contributed by atoms with E-state index in [-0.39, 0.29) is 61.1 Å². The van der Waals surface area contributed by atoms with E-state index in [4.69, 9.17) is 27.9 Å². The second kappa shape index (κ2) is 13.9. The van der Waals surface area contributed by atoms with E-state index >= 15 is 0 Å². The Labute approximate surface area is 205 Å². The van der Waals surface area contributed by atoms with Gasteiger partial charge in [-0.1, -0.05) is 13.3 Å². The van der Waals surface area contributed by atoms with Crippen LogP contribution in [0.15, 0.2) is 12.1 Å². The van der Waals surface area contributed by atoms with Crippen molar-refractivity contribution in [2.24, 2.45) is 0 Å². The maximum Gasteiger partial charge on any atom is 0.268 e. The summed E-state index contributed by atoms with van der Waals surface area (Å²) in [7, 11) is -12.9. The van der Waals surface area contributed by atoms with Crippen molar-refractivity contribution in [2.75, 3.05) is 37.1 Å². The molecule has 0 saturated carbocycles. The van der Waals surface area contributed by atoms with E-state index < -0.39 is 54.2 Å². The number of Topliss-reactive ketones (excluding diaryl/α,β-unsaturated/α-hetero) is 1. The van der Waals surface area contributed by atoms with Gasteiger partial charge in [0.15, 0.2) is 17.3 Å². The molecule has 0 aliphatic carbocycles. The molecule has 1 rings (SSSR count). The molecule has 0 radical (unpaired) electrons. The molecule has 0 bridgehead atoms. The van der Waals surface area contributed by atoms with Gasteiger partial charge >= 0.3 is 0 Å². The van der Waals surface area contributed by atoms with E-state index in [1.165, 1.54) is 12.1 Å². The molecular formula is C19H30O13S3. The average Bonchev–Trinajstić information content (AvgIpc) is 2.71. The van der Waals surface area contributed by atoms with Gasteiger partial charge in [0.2, 0.25) is 5.75 Å². The highest BCUT2D eigenvalue weighted by Crippen LogP contribution is 2.40. The largest absolute Gasteiger partial charge is 0.489 e. The molecule has 1 aromatic rings. The third kappa shape index (κ3) is 14.2. The predicted molar refractivity (Wildman–Crippen MR) is 125 cm³/mol. The number of ketones is 1. The van der Waals surface area contributed by atoms with E-state index in [0.29, 0.717) is 6.42 Å². The molecule has 202 valence electrons. The quantitative estimate of drug-likeness (QED) is 0.132. The van der Waals surface area contributed by atoms with E-state index in [9.17, 15) is 30.0 Å². The van der Waals surface area contributed by atoms with Crippen molar-refractivity contribution in [1.82, 2.24) is 0 Å². The van der Waals surface area contributed by atoms with Gasteiger partial charge in [-0.05, 0) is 31.4 Å². The van der Waals surface area contributed by atoms with Crippen LogP contribution in [0.3, 0.4) is 0 Å². The van der Waals surface area contributed by atoms with Crippen LogP contribution < -0.4 is 14.2 Å². The number of hydrogen-bond acceptors (Lipinski definition) is 10. The second-order valence-corrected chi connectivity index (χ2v) is 12.2. The summed E-state index contributed by atoms with van der Waals surface area (Å²) in [6.07, 6.45) is 1.28. The fourth-order valence-corrected chi connectivity index (χ4v) is 3.93. The number of hydrogen-bond donors (Lipinski definition) is 3. The van der Waals surface area contributed by atoms with Crippen LogP contribution >= 0.6 is 0 Å². The molecule has 0 aromatic heterocycles. The maximum absolute atomic E-state index is 12.6. The maximum atomic E-state index is 12.6. The molecule has 35 heavy (non-hydrogen) atoms. The normalized spacial score (nSPS) is 12.3. The summed E-state index contributed by atoms with van der Waals surface area (Å²) in [4.78, 5) is 12.6. The standard InChI is InChI=1S/C19H30O13S3/c1-2-3-6-16(20)15-13-17(30-7-4-10-33(21,22)23)19(32-8-5-11-34(24,25)26)18(14-15)31-9-12-35(27,28)29/h13-14H,2-12H2,1H3,(H,21,22,23)(H,24,25,26)(H,27,28,29).